The molecule has 0 aliphatic carbocycles. The number of rotatable bonds is 4. The molecule has 0 bridgehead atoms. The number of amides is 1. The van der Waals surface area contributed by atoms with Gasteiger partial charge >= 0.3 is 5.97 Å². The number of carbonyl (C=O) groups excluding carboxylic acids is 1. The molecule has 0 aliphatic rings. The highest BCUT2D eigenvalue weighted by Crippen LogP contribution is 2.23. The Kier molecular flexibility index (Phi) is 4.46. The summed E-state index contributed by atoms with van der Waals surface area (Å²) in [7, 11) is 0. The Labute approximate surface area is 127 Å². The number of carboxylic acid groups (broad SMARTS) is 1. The fourth-order valence-corrected chi connectivity index (χ4v) is 1.99. The van der Waals surface area contributed by atoms with Gasteiger partial charge in [-0.05, 0) is 46.3 Å². The van der Waals surface area contributed by atoms with E-state index in [4.69, 9.17) is 21.1 Å². The zero-order valence-corrected chi connectivity index (χ0v) is 12.4. The third-order valence-corrected chi connectivity index (χ3v) is 3.69. The minimum absolute atomic E-state index is 0.104. The van der Waals surface area contributed by atoms with Crippen molar-refractivity contribution < 1.29 is 19.1 Å². The van der Waals surface area contributed by atoms with Crippen LogP contribution in [0.15, 0.2) is 39.2 Å². The number of carboxylic acids is 1. The van der Waals surface area contributed by atoms with Gasteiger partial charge in [0.2, 0.25) is 5.76 Å². The van der Waals surface area contributed by atoms with E-state index in [1.807, 2.05) is 0 Å². The van der Waals surface area contributed by atoms with Crippen LogP contribution in [0.4, 0.5) is 0 Å². The van der Waals surface area contributed by atoms with Crippen molar-refractivity contribution in [1.82, 2.24) is 5.32 Å². The Morgan fingerprint density at radius 1 is 1.30 bits per heavy atom. The monoisotopic (exact) mass is 357 g/mol. The largest absolute Gasteiger partial charge is 0.475 e. The predicted octanol–water partition coefficient (Wildman–Crippen LogP) is 3.32. The molecule has 0 unspecified atom stereocenters. The first kappa shape index (κ1) is 14.6. The van der Waals surface area contributed by atoms with E-state index in [1.54, 1.807) is 18.2 Å². The summed E-state index contributed by atoms with van der Waals surface area (Å²) < 4.78 is 5.65. The number of nitrogens with one attached hydrogen (secondary N) is 1. The fraction of sp³-hybridized carbons (Fsp3) is 0.0769. The molecule has 1 aromatic heterocycles. The van der Waals surface area contributed by atoms with E-state index in [-0.39, 0.29) is 18.2 Å². The highest BCUT2D eigenvalue weighted by molar-refractivity contribution is 9.10. The first-order chi connectivity index (χ1) is 9.47. The number of aromatic carboxylic acids is 1. The molecule has 0 fully saturated rings. The molecular weight excluding hydrogens is 350 g/mol. The second-order valence-corrected chi connectivity index (χ2v) is 5.14. The van der Waals surface area contributed by atoms with Gasteiger partial charge in [-0.1, -0.05) is 11.6 Å². The Morgan fingerprint density at radius 3 is 2.65 bits per heavy atom. The van der Waals surface area contributed by atoms with Crippen molar-refractivity contribution in [3.63, 3.8) is 0 Å². The van der Waals surface area contributed by atoms with E-state index in [1.165, 1.54) is 12.1 Å². The second-order valence-electron chi connectivity index (χ2n) is 3.88. The molecule has 5 nitrogen and oxygen atoms in total. The van der Waals surface area contributed by atoms with Crippen LogP contribution in [0, 0.1) is 0 Å². The fourth-order valence-electron chi connectivity index (χ4n) is 1.49. The lowest BCUT2D eigenvalue weighted by Crippen LogP contribution is -2.22. The van der Waals surface area contributed by atoms with Crippen LogP contribution in [0.1, 0.15) is 26.7 Å². The van der Waals surface area contributed by atoms with Crippen molar-refractivity contribution in [2.45, 2.75) is 6.54 Å². The van der Waals surface area contributed by atoms with Crippen molar-refractivity contribution in [1.29, 1.82) is 0 Å². The molecule has 1 aromatic carbocycles. The molecule has 0 spiro atoms. The molecule has 0 atom stereocenters. The summed E-state index contributed by atoms with van der Waals surface area (Å²) >= 11 is 9.08. The number of hydrogen-bond acceptors (Lipinski definition) is 3. The van der Waals surface area contributed by atoms with Crippen LogP contribution >= 0.6 is 27.5 Å². The van der Waals surface area contributed by atoms with Gasteiger partial charge in [-0.2, -0.15) is 0 Å². The molecule has 2 aromatic rings. The lowest BCUT2D eigenvalue weighted by Gasteiger charge is -2.04. The maximum atomic E-state index is 11.9. The predicted molar refractivity (Wildman–Crippen MR) is 76.0 cm³/mol. The molecule has 2 rings (SSSR count). The molecule has 2 N–H and O–H groups in total. The van der Waals surface area contributed by atoms with Gasteiger partial charge in [0, 0.05) is 10.0 Å². The molecule has 0 radical (unpaired) electrons. The number of carbonyl (C=O) groups is 2. The van der Waals surface area contributed by atoms with Crippen LogP contribution in [-0.2, 0) is 6.54 Å². The van der Waals surface area contributed by atoms with E-state index >= 15 is 0 Å². The molecule has 1 heterocycles. The van der Waals surface area contributed by atoms with E-state index in [2.05, 4.69) is 21.2 Å². The van der Waals surface area contributed by atoms with Crippen LogP contribution in [0.5, 0.6) is 0 Å². The van der Waals surface area contributed by atoms with Gasteiger partial charge in [0.1, 0.15) is 5.76 Å². The van der Waals surface area contributed by atoms with Gasteiger partial charge in [0.25, 0.3) is 5.91 Å². The first-order valence-corrected chi connectivity index (χ1v) is 6.69. The molecule has 20 heavy (non-hydrogen) atoms. The van der Waals surface area contributed by atoms with Crippen molar-refractivity contribution in [3.05, 3.63) is 56.9 Å². The highest BCUT2D eigenvalue weighted by atomic mass is 79.9. The quantitative estimate of drug-likeness (QED) is 0.878. The van der Waals surface area contributed by atoms with Gasteiger partial charge in [-0.25, -0.2) is 4.79 Å². The maximum absolute atomic E-state index is 11.9. The van der Waals surface area contributed by atoms with Crippen molar-refractivity contribution in [3.8, 4) is 0 Å². The smallest absolute Gasteiger partial charge is 0.371 e. The number of furan rings is 1. The maximum Gasteiger partial charge on any atom is 0.371 e. The second kappa shape index (κ2) is 6.11. The summed E-state index contributed by atoms with van der Waals surface area (Å²) in [6.07, 6.45) is 0. The lowest BCUT2D eigenvalue weighted by molar-refractivity contribution is 0.0660. The summed E-state index contributed by atoms with van der Waals surface area (Å²) in [5.74, 6) is -1.26. The average molecular weight is 359 g/mol. The van der Waals surface area contributed by atoms with E-state index in [0.717, 1.165) is 0 Å². The molecule has 7 heteroatoms. The molecular formula is C13H9BrClNO4. The van der Waals surface area contributed by atoms with E-state index < -0.39 is 5.97 Å². The molecule has 1 amide bonds. The van der Waals surface area contributed by atoms with Crippen molar-refractivity contribution in [2.75, 3.05) is 0 Å². The molecule has 104 valence electrons. The van der Waals surface area contributed by atoms with Gasteiger partial charge in [-0.15, -0.1) is 0 Å². The van der Waals surface area contributed by atoms with Crippen LogP contribution < -0.4 is 5.32 Å². The Hall–Kier alpha value is -1.79. The Morgan fingerprint density at radius 2 is 2.05 bits per heavy atom. The topological polar surface area (TPSA) is 79.5 Å². The minimum atomic E-state index is -1.15. The third kappa shape index (κ3) is 3.40. The van der Waals surface area contributed by atoms with Crippen LogP contribution in [0.25, 0.3) is 0 Å². The van der Waals surface area contributed by atoms with E-state index in [9.17, 15) is 9.59 Å². The normalized spacial score (nSPS) is 10.3. The number of benzene rings is 1. The zero-order chi connectivity index (χ0) is 14.7. The standard InChI is InChI=1S/C13H9BrClNO4/c14-9-5-7(1-3-10(9)15)12(17)16-6-8-2-4-11(20-8)13(18)19/h1-5H,6H2,(H,16,17)(H,18,19). The van der Waals surface area contributed by atoms with Gasteiger partial charge in [-0.3, -0.25) is 4.79 Å². The SMILES string of the molecule is O=C(NCc1ccc(C(=O)O)o1)c1ccc(Cl)c(Br)c1. The number of halogens is 2. The summed E-state index contributed by atoms with van der Waals surface area (Å²) in [5.41, 5.74) is 0.436. The summed E-state index contributed by atoms with van der Waals surface area (Å²) in [4.78, 5) is 22.5. The van der Waals surface area contributed by atoms with Gasteiger partial charge < -0.3 is 14.8 Å². The summed E-state index contributed by atoms with van der Waals surface area (Å²) in [6, 6.07) is 7.63. The van der Waals surface area contributed by atoms with Gasteiger partial charge in [0.15, 0.2) is 0 Å². The van der Waals surface area contributed by atoms with Crippen molar-refractivity contribution >= 4 is 39.4 Å². The van der Waals surface area contributed by atoms with Crippen LogP contribution in [0.3, 0.4) is 0 Å². The van der Waals surface area contributed by atoms with E-state index in [0.29, 0.717) is 20.8 Å². The highest BCUT2D eigenvalue weighted by Gasteiger charge is 2.11. The summed E-state index contributed by atoms with van der Waals surface area (Å²) in [5, 5.41) is 11.8. The average Bonchev–Trinajstić information content (AvgIpc) is 2.88. The molecule has 0 saturated carbocycles. The van der Waals surface area contributed by atoms with Crippen LogP contribution in [-0.4, -0.2) is 17.0 Å². The minimum Gasteiger partial charge on any atom is -0.475 e. The third-order valence-electron chi connectivity index (χ3n) is 2.48. The zero-order valence-electron chi connectivity index (χ0n) is 10.0. The van der Waals surface area contributed by atoms with Gasteiger partial charge in [0.05, 0.1) is 11.6 Å². The molecule has 0 aliphatic heterocycles. The molecule has 0 saturated heterocycles. The Balaban J connectivity index is 2.00. The van der Waals surface area contributed by atoms with Crippen molar-refractivity contribution in [2.24, 2.45) is 0 Å². The Bertz CT molecular complexity index is 668. The van der Waals surface area contributed by atoms with Crippen LogP contribution in [0.2, 0.25) is 5.02 Å². The lowest BCUT2D eigenvalue weighted by atomic mass is 10.2. The number of hydrogen-bond donors (Lipinski definition) is 2. The summed E-state index contributed by atoms with van der Waals surface area (Å²) in [6.45, 7) is 0.104. The first-order valence-electron chi connectivity index (χ1n) is 5.52.